The van der Waals surface area contributed by atoms with Gasteiger partial charge in [-0.05, 0) is 63.1 Å². The summed E-state index contributed by atoms with van der Waals surface area (Å²) in [6.07, 6.45) is 10.9. The topological polar surface area (TPSA) is 137 Å². The summed E-state index contributed by atoms with van der Waals surface area (Å²) in [4.78, 5) is 38.3. The summed E-state index contributed by atoms with van der Waals surface area (Å²) in [7, 11) is 0. The molecule has 54 heavy (non-hydrogen) atoms. The van der Waals surface area contributed by atoms with Gasteiger partial charge in [0.1, 0.15) is 23.6 Å². The Hall–Kier alpha value is -5.19. The third-order valence-electron chi connectivity index (χ3n) is 11.8. The number of benzene rings is 2. The molecular weight excluding hydrogens is 709 g/mol. The molecule has 1 aliphatic carbocycles. The Morgan fingerprint density at radius 2 is 1.89 bits per heavy atom. The Balaban J connectivity index is 1.05. The second kappa shape index (κ2) is 13.6. The van der Waals surface area contributed by atoms with Crippen LogP contribution in [0.25, 0.3) is 39.0 Å². The summed E-state index contributed by atoms with van der Waals surface area (Å²) >= 11 is 6.65. The summed E-state index contributed by atoms with van der Waals surface area (Å²) in [5.41, 5.74) is 0.627. The van der Waals surface area contributed by atoms with Crippen molar-refractivity contribution in [3.8, 4) is 23.3 Å². The first-order valence-corrected chi connectivity index (χ1v) is 19.0. The molecule has 6 heterocycles. The third-order valence-corrected chi connectivity index (χ3v) is 12.1. The van der Waals surface area contributed by atoms with E-state index < -0.39 is 11.9 Å². The first-order valence-electron chi connectivity index (χ1n) is 18.6. The minimum atomic E-state index is -0.609. The first kappa shape index (κ1) is 34.6. The van der Waals surface area contributed by atoms with Crippen LogP contribution in [-0.2, 0) is 10.2 Å². The fourth-order valence-corrected chi connectivity index (χ4v) is 8.77. The second-order valence-corrected chi connectivity index (χ2v) is 15.6. The van der Waals surface area contributed by atoms with E-state index in [1.54, 1.807) is 23.2 Å². The molecular formula is C40H39ClFN9O3. The van der Waals surface area contributed by atoms with E-state index in [9.17, 15) is 10.1 Å². The number of nitriles is 1. The fourth-order valence-electron chi connectivity index (χ4n) is 8.48. The van der Waals surface area contributed by atoms with Crippen molar-refractivity contribution >= 4 is 51.1 Å². The molecule has 14 heteroatoms. The number of rotatable bonds is 9. The quantitative estimate of drug-likeness (QED) is 0.149. The largest absolute Gasteiger partial charge is 0.461 e. The molecule has 0 bridgehead atoms. The molecule has 3 aromatic heterocycles. The van der Waals surface area contributed by atoms with Crippen molar-refractivity contribution in [3.63, 3.8) is 0 Å². The number of anilines is 1. The monoisotopic (exact) mass is 747 g/mol. The van der Waals surface area contributed by atoms with Crippen molar-refractivity contribution in [2.75, 3.05) is 44.2 Å². The van der Waals surface area contributed by atoms with Crippen LogP contribution in [0.3, 0.4) is 0 Å². The van der Waals surface area contributed by atoms with Crippen LogP contribution in [0.4, 0.5) is 10.2 Å². The standard InChI is InChI=1S/C40H39ClFN9O3/c1-39(15-16-39)37-45-30(54-48-37)10-11-31(52)51-21-20-49(23-26(51)12-17-43)36-28-22-44-34(27-8-2-6-25-7-3-9-29(41)32(25)27)33(42)35(28)46-38(47-36)53-24-40-13-4-18-50(40)19-5-14-40/h2-3,6-11,22,26H,4-5,12-16,18-21,23-24H2,1H3/b11-10+/t26-/m0/s1. The number of hydrogen-bond acceptors (Lipinski definition) is 11. The SMILES string of the molecule is CC1(c2noc(/C=C/C(=O)N3CCN(c4nc(OCC56CCCN5CCC6)nc5c(F)c(-c6cccc7cccc(Cl)c67)ncc45)C[C@@H]3CC#N)n2)CC1. The van der Waals surface area contributed by atoms with E-state index in [-0.39, 0.29) is 52.9 Å². The Kier molecular flexibility index (Phi) is 8.70. The molecule has 3 saturated heterocycles. The highest BCUT2D eigenvalue weighted by Gasteiger charge is 2.45. The van der Waals surface area contributed by atoms with Gasteiger partial charge in [0.25, 0.3) is 5.89 Å². The number of pyridine rings is 1. The van der Waals surface area contributed by atoms with Gasteiger partial charge in [0.2, 0.25) is 5.91 Å². The molecule has 4 aliphatic rings. The third kappa shape index (κ3) is 6.11. The number of nitrogens with zero attached hydrogens (tertiary/aromatic N) is 9. The van der Waals surface area contributed by atoms with Crippen LogP contribution >= 0.6 is 11.6 Å². The number of carbonyl (C=O) groups is 1. The molecule has 276 valence electrons. The Morgan fingerprint density at radius 3 is 2.67 bits per heavy atom. The number of carbonyl (C=O) groups excluding carboxylic acids is 1. The zero-order valence-corrected chi connectivity index (χ0v) is 30.7. The number of hydrogen-bond donors (Lipinski definition) is 0. The highest BCUT2D eigenvalue weighted by atomic mass is 35.5. The zero-order valence-electron chi connectivity index (χ0n) is 30.0. The van der Waals surface area contributed by atoms with E-state index in [0.717, 1.165) is 57.0 Å². The predicted octanol–water partition coefficient (Wildman–Crippen LogP) is 6.72. The fraction of sp³-hybridized carbons (Fsp3) is 0.425. The molecule has 0 unspecified atom stereocenters. The summed E-state index contributed by atoms with van der Waals surface area (Å²) in [6, 6.07) is 13.0. The molecule has 0 spiro atoms. The number of amides is 1. The van der Waals surface area contributed by atoms with Crippen molar-refractivity contribution in [1.29, 1.82) is 5.26 Å². The van der Waals surface area contributed by atoms with Crippen LogP contribution in [0.1, 0.15) is 63.6 Å². The molecule has 2 aromatic carbocycles. The average molecular weight is 748 g/mol. The van der Waals surface area contributed by atoms with Crippen LogP contribution in [-0.4, -0.2) is 91.7 Å². The minimum absolute atomic E-state index is 0.0550. The van der Waals surface area contributed by atoms with Crippen LogP contribution in [0, 0.1) is 17.1 Å². The molecule has 1 amide bonds. The number of piperazine rings is 1. The van der Waals surface area contributed by atoms with E-state index in [0.29, 0.717) is 52.7 Å². The molecule has 4 fully saturated rings. The molecule has 0 N–H and O–H groups in total. The summed E-state index contributed by atoms with van der Waals surface area (Å²) in [5, 5.41) is 16.4. The second-order valence-electron chi connectivity index (χ2n) is 15.2. The van der Waals surface area contributed by atoms with Crippen molar-refractivity contribution in [2.24, 2.45) is 0 Å². The summed E-state index contributed by atoms with van der Waals surface area (Å²) < 4.78 is 28.7. The number of aromatic nitrogens is 5. The Labute approximate surface area is 316 Å². The van der Waals surface area contributed by atoms with Crippen molar-refractivity contribution in [2.45, 2.75) is 68.9 Å². The van der Waals surface area contributed by atoms with Crippen LogP contribution in [0.15, 0.2) is 53.2 Å². The highest BCUT2D eigenvalue weighted by molar-refractivity contribution is 6.36. The van der Waals surface area contributed by atoms with E-state index >= 15 is 4.39 Å². The van der Waals surface area contributed by atoms with Crippen molar-refractivity contribution < 1.29 is 18.4 Å². The van der Waals surface area contributed by atoms with Gasteiger partial charge in [-0.15, -0.1) is 0 Å². The molecule has 1 atom stereocenters. The molecule has 12 nitrogen and oxygen atoms in total. The lowest BCUT2D eigenvalue weighted by Crippen LogP contribution is -2.55. The van der Waals surface area contributed by atoms with Crippen LogP contribution in [0.5, 0.6) is 6.01 Å². The molecule has 5 aromatic rings. The van der Waals surface area contributed by atoms with Gasteiger partial charge < -0.3 is 19.1 Å². The Bertz CT molecular complexity index is 2340. The highest BCUT2D eigenvalue weighted by Crippen LogP contribution is 2.46. The Morgan fingerprint density at radius 1 is 1.09 bits per heavy atom. The summed E-state index contributed by atoms with van der Waals surface area (Å²) in [6.45, 7) is 5.52. The van der Waals surface area contributed by atoms with Gasteiger partial charge in [-0.2, -0.15) is 20.2 Å². The van der Waals surface area contributed by atoms with Gasteiger partial charge in [-0.25, -0.2) is 4.39 Å². The normalized spacial score (nSPS) is 20.5. The van der Waals surface area contributed by atoms with Crippen molar-refractivity contribution in [1.82, 2.24) is 34.9 Å². The molecule has 9 rings (SSSR count). The smallest absolute Gasteiger partial charge is 0.319 e. The maximum Gasteiger partial charge on any atom is 0.319 e. The minimum Gasteiger partial charge on any atom is -0.461 e. The van der Waals surface area contributed by atoms with E-state index in [2.05, 4.69) is 33.0 Å². The van der Waals surface area contributed by atoms with Crippen molar-refractivity contribution in [3.05, 3.63) is 71.2 Å². The average Bonchev–Trinajstić information content (AvgIpc) is 3.49. The predicted molar refractivity (Wildman–Crippen MR) is 201 cm³/mol. The molecule has 0 radical (unpaired) electrons. The van der Waals surface area contributed by atoms with Gasteiger partial charge in [-0.3, -0.25) is 14.7 Å². The van der Waals surface area contributed by atoms with E-state index in [1.165, 1.54) is 12.2 Å². The van der Waals surface area contributed by atoms with E-state index in [4.69, 9.17) is 30.8 Å². The van der Waals surface area contributed by atoms with Crippen LogP contribution < -0.4 is 9.64 Å². The maximum atomic E-state index is 17.0. The van der Waals surface area contributed by atoms with Gasteiger partial charge in [0, 0.05) is 59.4 Å². The lowest BCUT2D eigenvalue weighted by Gasteiger charge is -2.41. The number of ether oxygens (including phenoxy) is 1. The number of halogens is 2. The summed E-state index contributed by atoms with van der Waals surface area (Å²) in [5.74, 6) is 0.468. The van der Waals surface area contributed by atoms with Gasteiger partial charge in [0.15, 0.2) is 11.6 Å². The lowest BCUT2D eigenvalue weighted by atomic mass is 9.95. The van der Waals surface area contributed by atoms with Gasteiger partial charge in [0.05, 0.1) is 29.5 Å². The zero-order chi connectivity index (χ0) is 37.0. The van der Waals surface area contributed by atoms with E-state index in [1.807, 2.05) is 29.2 Å². The molecule has 3 aliphatic heterocycles. The molecule has 1 saturated carbocycles. The van der Waals surface area contributed by atoms with Gasteiger partial charge >= 0.3 is 6.01 Å². The van der Waals surface area contributed by atoms with Gasteiger partial charge in [-0.1, -0.05) is 54.0 Å². The van der Waals surface area contributed by atoms with Crippen LogP contribution in [0.2, 0.25) is 5.02 Å². The first-order chi connectivity index (χ1) is 26.2. The lowest BCUT2D eigenvalue weighted by molar-refractivity contribution is -0.128. The maximum absolute atomic E-state index is 17.0. The number of fused-ring (bicyclic) bond motifs is 3.